The minimum atomic E-state index is -0.699. The molecule has 6 rings (SSSR count). The third-order valence-corrected chi connectivity index (χ3v) is 8.02. The summed E-state index contributed by atoms with van der Waals surface area (Å²) in [6.07, 6.45) is 5.86. The number of rotatable bonds is 9. The van der Waals surface area contributed by atoms with Crippen LogP contribution in [0.4, 0.5) is 13.2 Å². The van der Waals surface area contributed by atoms with Gasteiger partial charge in [-0.1, -0.05) is 34.1 Å². The van der Waals surface area contributed by atoms with Crippen molar-refractivity contribution < 1.29 is 32.2 Å². The van der Waals surface area contributed by atoms with E-state index in [0.717, 1.165) is 6.42 Å². The monoisotopic (exact) mass is 653 g/mol. The van der Waals surface area contributed by atoms with E-state index in [9.17, 15) is 9.18 Å². The number of imidazole rings is 1. The Morgan fingerprint density at radius 2 is 1.91 bits per heavy atom. The van der Waals surface area contributed by atoms with Crippen LogP contribution in [0.15, 0.2) is 77.1 Å². The van der Waals surface area contributed by atoms with Crippen LogP contribution < -0.4 is 5.32 Å². The lowest BCUT2D eigenvalue weighted by Crippen LogP contribution is -2.31. The van der Waals surface area contributed by atoms with E-state index in [4.69, 9.17) is 14.2 Å². The highest BCUT2D eigenvalue weighted by Crippen LogP contribution is 2.29. The summed E-state index contributed by atoms with van der Waals surface area (Å²) >= 11 is 3.22. The zero-order valence-corrected chi connectivity index (χ0v) is 24.7. The summed E-state index contributed by atoms with van der Waals surface area (Å²) in [5.74, 6) is -1.26. The molecule has 0 bridgehead atoms. The Morgan fingerprint density at radius 1 is 1.09 bits per heavy atom. The molecule has 0 spiro atoms. The molecular weight excluding hydrogens is 627 g/mol. The molecule has 1 unspecified atom stereocenters. The van der Waals surface area contributed by atoms with Gasteiger partial charge in [-0.3, -0.25) is 0 Å². The number of allylic oxidation sites excluding steroid dienone is 2. The Bertz CT molecular complexity index is 1770. The highest BCUT2D eigenvalue weighted by atomic mass is 79.9. The summed E-state index contributed by atoms with van der Waals surface area (Å²) in [6, 6.07) is 11.3. The van der Waals surface area contributed by atoms with Crippen LogP contribution in [0.5, 0.6) is 0 Å². The number of carbonyl (C=O) groups excluding carboxylic acids is 1. The van der Waals surface area contributed by atoms with E-state index < -0.39 is 29.5 Å². The number of aromatic nitrogens is 2. The minimum Gasteiger partial charge on any atom is -0.474 e. The lowest BCUT2D eigenvalue weighted by molar-refractivity contribution is -0.0589. The molecule has 222 valence electrons. The molecule has 1 fully saturated rings. The Balaban J connectivity index is 1.22. The number of fused-ring (bicyclic) bond motifs is 1. The molecule has 0 radical (unpaired) electrons. The second kappa shape index (κ2) is 12.3. The van der Waals surface area contributed by atoms with Crippen molar-refractivity contribution in [1.82, 2.24) is 14.9 Å². The maximum absolute atomic E-state index is 15.5. The molecule has 2 aliphatic rings. The van der Waals surface area contributed by atoms with Gasteiger partial charge in [0, 0.05) is 28.6 Å². The lowest BCUT2D eigenvalue weighted by atomic mass is 10.00. The van der Waals surface area contributed by atoms with Crippen LogP contribution in [0.25, 0.3) is 11.0 Å². The minimum absolute atomic E-state index is 0.0267. The molecule has 7 nitrogen and oxygen atoms in total. The Hall–Kier alpha value is -4.09. The fourth-order valence-corrected chi connectivity index (χ4v) is 5.44. The first-order valence-electron chi connectivity index (χ1n) is 13.7. The predicted molar refractivity (Wildman–Crippen MR) is 157 cm³/mol. The van der Waals surface area contributed by atoms with Crippen molar-refractivity contribution in [2.45, 2.75) is 38.1 Å². The van der Waals surface area contributed by atoms with E-state index >= 15 is 8.78 Å². The van der Waals surface area contributed by atoms with Crippen LogP contribution in [0, 0.1) is 17.5 Å². The summed E-state index contributed by atoms with van der Waals surface area (Å²) in [4.78, 5) is 16.8. The summed E-state index contributed by atoms with van der Waals surface area (Å²) in [5, 5.41) is 3.03. The van der Waals surface area contributed by atoms with E-state index in [-0.39, 0.29) is 30.3 Å². The van der Waals surface area contributed by atoms with Crippen molar-refractivity contribution in [3.63, 3.8) is 0 Å². The standard InChI is InChI=1S/C32H27BrF3N3O4/c1-41-32(40)18-6-8-28-29(12-18)39(16-22-9-10-42-22)30(37-28)13-20-11-26(36)23(15-25(20)35)27-3-2-4-31(38-27)43-17-19-5-7-21(33)14-24(19)34/h2-8,11-12,14-15,22,27,38H,9-10,13,16-17H2,1H3/t22-,27?/m0/s1. The van der Waals surface area contributed by atoms with Crippen LogP contribution in [0.2, 0.25) is 0 Å². The van der Waals surface area contributed by atoms with Gasteiger partial charge in [-0.25, -0.2) is 22.9 Å². The number of hydrogen-bond acceptors (Lipinski definition) is 6. The van der Waals surface area contributed by atoms with Crippen LogP contribution in [-0.2, 0) is 33.8 Å². The molecule has 1 saturated heterocycles. The topological polar surface area (TPSA) is 74.6 Å². The van der Waals surface area contributed by atoms with Gasteiger partial charge in [0.05, 0.1) is 42.4 Å². The maximum atomic E-state index is 15.5. The van der Waals surface area contributed by atoms with E-state index in [1.807, 2.05) is 4.57 Å². The van der Waals surface area contributed by atoms with Crippen LogP contribution >= 0.6 is 15.9 Å². The maximum Gasteiger partial charge on any atom is 0.337 e. The van der Waals surface area contributed by atoms with Crippen molar-refractivity contribution in [2.24, 2.45) is 0 Å². The zero-order valence-electron chi connectivity index (χ0n) is 23.1. The molecule has 11 heteroatoms. The third-order valence-electron chi connectivity index (χ3n) is 7.52. The Morgan fingerprint density at radius 3 is 2.65 bits per heavy atom. The number of dihydropyridines is 1. The van der Waals surface area contributed by atoms with E-state index in [0.29, 0.717) is 51.5 Å². The molecule has 2 atom stereocenters. The largest absolute Gasteiger partial charge is 0.474 e. The first-order valence-corrected chi connectivity index (χ1v) is 14.5. The predicted octanol–water partition coefficient (Wildman–Crippen LogP) is 6.64. The molecule has 2 aliphatic heterocycles. The number of methoxy groups -OCH3 is 1. The van der Waals surface area contributed by atoms with E-state index in [1.165, 1.54) is 25.3 Å². The zero-order chi connectivity index (χ0) is 30.1. The summed E-state index contributed by atoms with van der Waals surface area (Å²) in [6.45, 7) is 1.09. The summed E-state index contributed by atoms with van der Waals surface area (Å²) in [7, 11) is 1.31. The molecule has 1 aromatic heterocycles. The second-order valence-electron chi connectivity index (χ2n) is 10.3. The van der Waals surface area contributed by atoms with E-state index in [2.05, 4.69) is 26.2 Å². The number of hydrogen-bond donors (Lipinski definition) is 1. The van der Waals surface area contributed by atoms with Gasteiger partial charge in [-0.15, -0.1) is 0 Å². The fourth-order valence-electron chi connectivity index (χ4n) is 5.10. The molecule has 3 aromatic carbocycles. The summed E-state index contributed by atoms with van der Waals surface area (Å²) < 4.78 is 63.9. The molecule has 4 aromatic rings. The molecular formula is C32H27BrF3N3O4. The van der Waals surface area contributed by atoms with Gasteiger partial charge in [-0.2, -0.15) is 0 Å². The number of esters is 1. The summed E-state index contributed by atoms with van der Waals surface area (Å²) in [5.41, 5.74) is 2.27. The molecule has 1 N–H and O–H groups in total. The van der Waals surface area contributed by atoms with Crippen LogP contribution in [-0.4, -0.2) is 35.3 Å². The lowest BCUT2D eigenvalue weighted by Gasteiger charge is -2.27. The molecule has 0 saturated carbocycles. The Kier molecular flexibility index (Phi) is 8.27. The first kappa shape index (κ1) is 29.0. The van der Waals surface area contributed by atoms with Crippen molar-refractivity contribution >= 4 is 32.9 Å². The smallest absolute Gasteiger partial charge is 0.337 e. The van der Waals surface area contributed by atoms with Crippen molar-refractivity contribution in [3.8, 4) is 0 Å². The molecule has 3 heterocycles. The number of halogens is 4. The van der Waals surface area contributed by atoms with Gasteiger partial charge in [0.15, 0.2) is 5.88 Å². The van der Waals surface area contributed by atoms with Gasteiger partial charge in [-0.05, 0) is 60.5 Å². The number of nitrogens with zero attached hydrogens (tertiary/aromatic N) is 2. The van der Waals surface area contributed by atoms with Crippen LogP contribution in [0.1, 0.15) is 45.3 Å². The normalized spacial score (nSPS) is 17.7. The number of nitrogens with one attached hydrogen (secondary N) is 1. The van der Waals surface area contributed by atoms with Crippen molar-refractivity contribution in [1.29, 1.82) is 0 Å². The van der Waals surface area contributed by atoms with Crippen LogP contribution in [0.3, 0.4) is 0 Å². The first-order chi connectivity index (χ1) is 20.8. The van der Waals surface area contributed by atoms with Gasteiger partial charge in [0.2, 0.25) is 0 Å². The highest BCUT2D eigenvalue weighted by molar-refractivity contribution is 9.10. The van der Waals surface area contributed by atoms with Gasteiger partial charge in [0.25, 0.3) is 0 Å². The van der Waals surface area contributed by atoms with Crippen molar-refractivity contribution in [2.75, 3.05) is 13.7 Å². The van der Waals surface area contributed by atoms with Gasteiger partial charge >= 0.3 is 5.97 Å². The fraction of sp³-hybridized carbons (Fsp3) is 0.250. The average Bonchev–Trinajstić information content (AvgIpc) is 3.31. The SMILES string of the molecule is COC(=O)c1ccc2nc(Cc3cc(F)c(C4C=CC=C(OCc5ccc(Br)cc5F)N4)cc3F)n(C[C@@H]3CCO3)c2c1. The van der Waals surface area contributed by atoms with E-state index in [1.54, 1.807) is 48.6 Å². The van der Waals surface area contributed by atoms with Crippen molar-refractivity contribution in [3.05, 3.63) is 123 Å². The average molecular weight is 654 g/mol. The number of benzene rings is 3. The number of ether oxygens (including phenoxy) is 3. The second-order valence-corrected chi connectivity index (χ2v) is 11.2. The third kappa shape index (κ3) is 6.18. The highest BCUT2D eigenvalue weighted by Gasteiger charge is 2.25. The molecule has 0 amide bonds. The number of carbonyl (C=O) groups is 1. The quantitative estimate of drug-likeness (QED) is 0.204. The Labute approximate surface area is 254 Å². The van der Waals surface area contributed by atoms with Gasteiger partial charge < -0.3 is 24.1 Å². The van der Waals surface area contributed by atoms with Gasteiger partial charge in [0.1, 0.15) is 29.9 Å². The molecule has 0 aliphatic carbocycles. The molecule has 43 heavy (non-hydrogen) atoms.